The molecular formula is C7H8ClNS. The second kappa shape index (κ2) is 2.72. The van der Waals surface area contributed by atoms with Crippen LogP contribution in [0.25, 0.3) is 0 Å². The van der Waals surface area contributed by atoms with Gasteiger partial charge in [-0.3, -0.25) is 0 Å². The normalized spacial score (nSPS) is 9.90. The Bertz CT molecular complexity index is 237. The fraction of sp³-hybridized carbons (Fsp3) is 0.143. The van der Waals surface area contributed by atoms with E-state index in [1.54, 1.807) is 6.07 Å². The van der Waals surface area contributed by atoms with Crippen LogP contribution in [0.3, 0.4) is 0 Å². The summed E-state index contributed by atoms with van der Waals surface area (Å²) in [4.78, 5) is 0.741. The van der Waals surface area contributed by atoms with Crippen molar-refractivity contribution in [3.63, 3.8) is 0 Å². The second-order valence-corrected chi connectivity index (χ2v) is 3.07. The van der Waals surface area contributed by atoms with Crippen LogP contribution in [-0.2, 0) is 0 Å². The van der Waals surface area contributed by atoms with Gasteiger partial charge in [0, 0.05) is 15.6 Å². The molecular weight excluding hydrogens is 166 g/mol. The Morgan fingerprint density at radius 3 is 2.60 bits per heavy atom. The lowest BCUT2D eigenvalue weighted by molar-refractivity contribution is 1.37. The van der Waals surface area contributed by atoms with Gasteiger partial charge in [-0.05, 0) is 24.6 Å². The van der Waals surface area contributed by atoms with Crippen molar-refractivity contribution in [2.24, 2.45) is 0 Å². The van der Waals surface area contributed by atoms with Gasteiger partial charge in [0.1, 0.15) is 0 Å². The van der Waals surface area contributed by atoms with E-state index in [9.17, 15) is 0 Å². The third-order valence-corrected chi connectivity index (χ3v) is 1.92. The lowest BCUT2D eigenvalue weighted by atomic mass is 10.2. The predicted molar refractivity (Wildman–Crippen MR) is 47.9 cm³/mol. The van der Waals surface area contributed by atoms with Gasteiger partial charge >= 0.3 is 0 Å². The summed E-state index contributed by atoms with van der Waals surface area (Å²) < 4.78 is 0. The van der Waals surface area contributed by atoms with Crippen LogP contribution in [0.15, 0.2) is 17.0 Å². The molecule has 0 saturated carbocycles. The lowest BCUT2D eigenvalue weighted by Gasteiger charge is -2.02. The van der Waals surface area contributed by atoms with Crippen LogP contribution in [0, 0.1) is 6.92 Å². The average Bonchev–Trinajstić information content (AvgIpc) is 1.82. The van der Waals surface area contributed by atoms with Crippen molar-refractivity contribution in [3.8, 4) is 0 Å². The predicted octanol–water partition coefficient (Wildman–Crippen LogP) is 2.52. The Balaban J connectivity index is 3.31. The third kappa shape index (κ3) is 1.39. The largest absolute Gasteiger partial charge is 0.398 e. The number of rotatable bonds is 0. The molecule has 0 aliphatic rings. The summed E-state index contributed by atoms with van der Waals surface area (Å²) in [5, 5.41) is 0.678. The summed E-state index contributed by atoms with van der Waals surface area (Å²) >= 11 is 9.85. The van der Waals surface area contributed by atoms with Crippen LogP contribution in [0.2, 0.25) is 5.02 Å². The molecule has 0 amide bonds. The quantitative estimate of drug-likeness (QED) is 0.458. The van der Waals surface area contributed by atoms with Crippen molar-refractivity contribution in [3.05, 3.63) is 22.7 Å². The zero-order valence-electron chi connectivity index (χ0n) is 5.56. The Labute approximate surface area is 70.6 Å². The van der Waals surface area contributed by atoms with Gasteiger partial charge in [0.05, 0.1) is 0 Å². The minimum atomic E-state index is 0.678. The van der Waals surface area contributed by atoms with Crippen molar-refractivity contribution in [2.75, 3.05) is 5.73 Å². The molecule has 0 heterocycles. The molecule has 0 fully saturated rings. The summed E-state index contributed by atoms with van der Waals surface area (Å²) in [5.74, 6) is 0. The first-order chi connectivity index (χ1) is 4.61. The van der Waals surface area contributed by atoms with Crippen LogP contribution in [0.1, 0.15) is 5.56 Å². The molecule has 0 atom stereocenters. The minimum absolute atomic E-state index is 0.678. The molecule has 0 radical (unpaired) electrons. The third-order valence-electron chi connectivity index (χ3n) is 1.33. The van der Waals surface area contributed by atoms with E-state index in [0.29, 0.717) is 10.7 Å². The molecule has 1 rings (SSSR count). The summed E-state index contributed by atoms with van der Waals surface area (Å²) in [5.41, 5.74) is 7.29. The molecule has 2 N–H and O–H groups in total. The van der Waals surface area contributed by atoms with E-state index in [1.165, 1.54) is 0 Å². The van der Waals surface area contributed by atoms with Crippen molar-refractivity contribution in [2.45, 2.75) is 11.8 Å². The maximum absolute atomic E-state index is 5.72. The van der Waals surface area contributed by atoms with Crippen molar-refractivity contribution >= 4 is 29.9 Å². The molecule has 1 aromatic rings. The van der Waals surface area contributed by atoms with Crippen molar-refractivity contribution in [1.29, 1.82) is 0 Å². The molecule has 10 heavy (non-hydrogen) atoms. The summed E-state index contributed by atoms with van der Waals surface area (Å²) in [6.45, 7) is 1.90. The molecule has 0 spiro atoms. The maximum Gasteiger partial charge on any atom is 0.0480 e. The van der Waals surface area contributed by atoms with E-state index < -0.39 is 0 Å². The van der Waals surface area contributed by atoms with Crippen LogP contribution < -0.4 is 5.73 Å². The number of nitrogen functional groups attached to an aromatic ring is 1. The number of hydrogen-bond donors (Lipinski definition) is 2. The average molecular weight is 174 g/mol. The molecule has 0 aliphatic carbocycles. The van der Waals surface area contributed by atoms with Gasteiger partial charge in [-0.2, -0.15) is 0 Å². The number of benzene rings is 1. The van der Waals surface area contributed by atoms with Gasteiger partial charge in [-0.1, -0.05) is 11.6 Å². The van der Waals surface area contributed by atoms with Gasteiger partial charge in [0.2, 0.25) is 0 Å². The molecule has 0 bridgehead atoms. The molecule has 0 unspecified atom stereocenters. The summed E-state index contributed by atoms with van der Waals surface area (Å²) in [6, 6.07) is 3.55. The lowest BCUT2D eigenvalue weighted by Crippen LogP contribution is -1.90. The van der Waals surface area contributed by atoms with Gasteiger partial charge < -0.3 is 5.73 Å². The standard InChI is InChI=1S/C7H8ClNS/c1-4-2-5(8)3-6(10)7(4)9/h2-3,10H,9H2,1H3. The molecule has 1 nitrogen and oxygen atoms in total. The van der Waals surface area contributed by atoms with E-state index in [-0.39, 0.29) is 0 Å². The van der Waals surface area contributed by atoms with Crippen LogP contribution in [0.4, 0.5) is 5.69 Å². The first kappa shape index (κ1) is 7.76. The van der Waals surface area contributed by atoms with Gasteiger partial charge in [-0.15, -0.1) is 12.6 Å². The second-order valence-electron chi connectivity index (χ2n) is 2.16. The fourth-order valence-corrected chi connectivity index (χ4v) is 1.40. The van der Waals surface area contributed by atoms with E-state index in [1.807, 2.05) is 13.0 Å². The highest BCUT2D eigenvalue weighted by Crippen LogP contribution is 2.24. The number of hydrogen-bond acceptors (Lipinski definition) is 2. The minimum Gasteiger partial charge on any atom is -0.398 e. The highest BCUT2D eigenvalue weighted by atomic mass is 35.5. The molecule has 3 heteroatoms. The molecule has 0 aliphatic heterocycles. The maximum atomic E-state index is 5.72. The highest BCUT2D eigenvalue weighted by molar-refractivity contribution is 7.80. The van der Waals surface area contributed by atoms with E-state index in [4.69, 9.17) is 17.3 Å². The van der Waals surface area contributed by atoms with Crippen molar-refractivity contribution in [1.82, 2.24) is 0 Å². The van der Waals surface area contributed by atoms with Crippen LogP contribution in [0.5, 0.6) is 0 Å². The number of nitrogens with two attached hydrogens (primary N) is 1. The van der Waals surface area contributed by atoms with Gasteiger partial charge in [-0.25, -0.2) is 0 Å². The smallest absolute Gasteiger partial charge is 0.0480 e. The van der Waals surface area contributed by atoms with E-state index >= 15 is 0 Å². The monoisotopic (exact) mass is 173 g/mol. The van der Waals surface area contributed by atoms with Crippen LogP contribution >= 0.6 is 24.2 Å². The van der Waals surface area contributed by atoms with Crippen LogP contribution in [-0.4, -0.2) is 0 Å². The molecule has 54 valence electrons. The summed E-state index contributed by atoms with van der Waals surface area (Å²) in [7, 11) is 0. The number of anilines is 1. The highest BCUT2D eigenvalue weighted by Gasteiger charge is 1.98. The fourth-order valence-electron chi connectivity index (χ4n) is 0.737. The Hall–Kier alpha value is -0.340. The number of thiol groups is 1. The van der Waals surface area contributed by atoms with E-state index in [2.05, 4.69) is 12.6 Å². The zero-order valence-corrected chi connectivity index (χ0v) is 7.21. The Morgan fingerprint density at radius 1 is 1.50 bits per heavy atom. The number of halogens is 1. The first-order valence-electron chi connectivity index (χ1n) is 2.86. The van der Waals surface area contributed by atoms with Crippen molar-refractivity contribution < 1.29 is 0 Å². The van der Waals surface area contributed by atoms with Gasteiger partial charge in [0.15, 0.2) is 0 Å². The summed E-state index contributed by atoms with van der Waals surface area (Å²) in [6.07, 6.45) is 0. The topological polar surface area (TPSA) is 26.0 Å². The Kier molecular flexibility index (Phi) is 2.11. The Morgan fingerprint density at radius 2 is 2.10 bits per heavy atom. The number of aryl methyl sites for hydroxylation is 1. The SMILES string of the molecule is Cc1cc(Cl)cc(S)c1N. The van der Waals surface area contributed by atoms with E-state index in [0.717, 1.165) is 10.5 Å². The zero-order chi connectivity index (χ0) is 7.72. The first-order valence-corrected chi connectivity index (χ1v) is 3.68. The molecule has 1 aromatic carbocycles. The van der Waals surface area contributed by atoms with Gasteiger partial charge in [0.25, 0.3) is 0 Å². The molecule has 0 aromatic heterocycles. The molecule has 0 saturated heterocycles.